The Morgan fingerprint density at radius 2 is 1.52 bits per heavy atom. The highest BCUT2D eigenvalue weighted by atomic mass is 79.9. The molecule has 0 aromatic heterocycles. The van der Waals surface area contributed by atoms with Gasteiger partial charge in [-0.25, -0.2) is 9.59 Å². The fourth-order valence-electron chi connectivity index (χ4n) is 3.68. The molecule has 1 aliphatic heterocycles. The molecular weight excluding hydrogens is 462 g/mol. The van der Waals surface area contributed by atoms with Gasteiger partial charge in [-0.05, 0) is 37.6 Å². The summed E-state index contributed by atoms with van der Waals surface area (Å²) >= 11 is 3.50. The summed E-state index contributed by atoms with van der Waals surface area (Å²) < 4.78 is 17.0. The summed E-state index contributed by atoms with van der Waals surface area (Å²) in [5.74, 6) is -1.22. The molecule has 2 aromatic rings. The van der Waals surface area contributed by atoms with Gasteiger partial charge in [0.1, 0.15) is 12.4 Å². The number of esters is 2. The molecule has 2 aromatic carbocycles. The number of carbonyl (C=O) groups excluding carboxylic acids is 2. The fraction of sp³-hybridized carbons (Fsp3) is 0.250. The van der Waals surface area contributed by atoms with E-state index in [-0.39, 0.29) is 0 Å². The molecule has 0 amide bonds. The van der Waals surface area contributed by atoms with Gasteiger partial charge in [0, 0.05) is 21.4 Å². The molecule has 1 heterocycles. The number of methoxy groups -OCH3 is 2. The summed E-state index contributed by atoms with van der Waals surface area (Å²) in [7, 11) is 2.63. The maximum atomic E-state index is 12.8. The lowest BCUT2D eigenvalue weighted by atomic mass is 9.80. The van der Waals surface area contributed by atoms with E-state index in [1.165, 1.54) is 14.2 Å². The minimum absolute atomic E-state index is 0.330. The van der Waals surface area contributed by atoms with Crippen LogP contribution in [0.15, 0.2) is 75.5 Å². The van der Waals surface area contributed by atoms with E-state index in [0.717, 1.165) is 10.0 Å². The molecule has 0 radical (unpaired) electrons. The maximum absolute atomic E-state index is 12.8. The van der Waals surface area contributed by atoms with Gasteiger partial charge >= 0.3 is 11.9 Å². The molecule has 6 nitrogen and oxygen atoms in total. The number of dihydropyridines is 1. The molecule has 3 rings (SSSR count). The first-order chi connectivity index (χ1) is 14.9. The molecule has 7 heteroatoms. The molecule has 162 valence electrons. The van der Waals surface area contributed by atoms with E-state index in [1.807, 2.05) is 48.5 Å². The first-order valence-corrected chi connectivity index (χ1v) is 10.5. The summed E-state index contributed by atoms with van der Waals surface area (Å²) in [4.78, 5) is 25.5. The van der Waals surface area contributed by atoms with Gasteiger partial charge in [-0.1, -0.05) is 46.3 Å². The Labute approximate surface area is 190 Å². The van der Waals surface area contributed by atoms with Gasteiger partial charge < -0.3 is 19.5 Å². The molecule has 0 saturated heterocycles. The highest BCUT2D eigenvalue weighted by Crippen LogP contribution is 2.43. The molecule has 1 N–H and O–H groups in total. The van der Waals surface area contributed by atoms with Crippen LogP contribution in [0.1, 0.15) is 30.9 Å². The highest BCUT2D eigenvalue weighted by molar-refractivity contribution is 9.10. The van der Waals surface area contributed by atoms with Crippen LogP contribution >= 0.6 is 15.9 Å². The predicted molar refractivity (Wildman–Crippen MR) is 120 cm³/mol. The number of rotatable bonds is 6. The van der Waals surface area contributed by atoms with Gasteiger partial charge in [-0.3, -0.25) is 0 Å². The Balaban J connectivity index is 2.15. The van der Waals surface area contributed by atoms with Crippen LogP contribution < -0.4 is 10.1 Å². The summed E-state index contributed by atoms with van der Waals surface area (Å²) in [5, 5.41) is 3.11. The summed E-state index contributed by atoms with van der Waals surface area (Å²) in [6.45, 7) is 3.89. The van der Waals surface area contributed by atoms with E-state index in [0.29, 0.717) is 40.5 Å². The molecule has 0 bridgehead atoms. The molecule has 1 aliphatic rings. The average Bonchev–Trinajstić information content (AvgIpc) is 2.77. The third-order valence-corrected chi connectivity index (χ3v) is 5.58. The molecular formula is C24H24BrNO5. The summed E-state index contributed by atoms with van der Waals surface area (Å²) in [6, 6.07) is 15.3. The first kappa shape index (κ1) is 22.6. The van der Waals surface area contributed by atoms with Crippen molar-refractivity contribution in [2.24, 2.45) is 0 Å². The number of hydrogen-bond acceptors (Lipinski definition) is 6. The van der Waals surface area contributed by atoms with Crippen LogP contribution in [0.25, 0.3) is 0 Å². The lowest BCUT2D eigenvalue weighted by Gasteiger charge is -2.31. The third-order valence-electron chi connectivity index (χ3n) is 5.09. The topological polar surface area (TPSA) is 73.9 Å². The van der Waals surface area contributed by atoms with Gasteiger partial charge in [0.05, 0.1) is 31.3 Å². The average molecular weight is 486 g/mol. The normalized spacial score (nSPS) is 14.2. The molecule has 0 spiro atoms. The zero-order chi connectivity index (χ0) is 22.5. The van der Waals surface area contributed by atoms with Crippen LogP contribution in [0.4, 0.5) is 0 Å². The SMILES string of the molecule is COC(=O)C1=C(C)NC(C)=C(C(=O)OC)C1c1cc(Br)ccc1OCc1ccccc1. The van der Waals surface area contributed by atoms with Crippen LogP contribution in [-0.4, -0.2) is 26.2 Å². The molecule has 31 heavy (non-hydrogen) atoms. The Bertz CT molecular complexity index is 1020. The highest BCUT2D eigenvalue weighted by Gasteiger charge is 2.39. The maximum Gasteiger partial charge on any atom is 0.336 e. The van der Waals surface area contributed by atoms with E-state index < -0.39 is 17.9 Å². The lowest BCUT2D eigenvalue weighted by Crippen LogP contribution is -2.32. The minimum Gasteiger partial charge on any atom is -0.489 e. The smallest absolute Gasteiger partial charge is 0.336 e. The summed E-state index contributed by atoms with van der Waals surface area (Å²) in [6.07, 6.45) is 0. The Morgan fingerprint density at radius 3 is 2.06 bits per heavy atom. The van der Waals surface area contributed by atoms with E-state index >= 15 is 0 Å². The zero-order valence-corrected chi connectivity index (χ0v) is 19.4. The number of benzene rings is 2. The van der Waals surface area contributed by atoms with Crippen LogP contribution in [0.2, 0.25) is 0 Å². The van der Waals surface area contributed by atoms with E-state index in [4.69, 9.17) is 14.2 Å². The Hall–Kier alpha value is -3.06. The largest absolute Gasteiger partial charge is 0.489 e. The molecule has 0 aliphatic carbocycles. The van der Waals surface area contributed by atoms with Crippen molar-refractivity contribution in [1.29, 1.82) is 0 Å². The van der Waals surface area contributed by atoms with Crippen LogP contribution in [0.5, 0.6) is 5.75 Å². The number of allylic oxidation sites excluding steroid dienone is 2. The van der Waals surface area contributed by atoms with Crippen LogP contribution in [0, 0.1) is 0 Å². The van der Waals surface area contributed by atoms with Crippen molar-refractivity contribution in [2.75, 3.05) is 14.2 Å². The van der Waals surface area contributed by atoms with Crippen molar-refractivity contribution in [3.63, 3.8) is 0 Å². The van der Waals surface area contributed by atoms with Gasteiger partial charge in [0.25, 0.3) is 0 Å². The van der Waals surface area contributed by atoms with Crippen LogP contribution in [-0.2, 0) is 25.7 Å². The third kappa shape index (κ3) is 4.82. The number of ether oxygens (including phenoxy) is 3. The molecule has 0 fully saturated rings. The van der Waals surface area contributed by atoms with Gasteiger partial charge in [0.2, 0.25) is 0 Å². The second kappa shape index (κ2) is 9.83. The second-order valence-corrected chi connectivity index (χ2v) is 7.99. The number of carbonyl (C=O) groups is 2. The Morgan fingerprint density at radius 1 is 0.935 bits per heavy atom. The first-order valence-electron chi connectivity index (χ1n) is 9.68. The van der Waals surface area contributed by atoms with Crippen molar-refractivity contribution in [1.82, 2.24) is 5.32 Å². The van der Waals surface area contributed by atoms with Crippen molar-refractivity contribution >= 4 is 27.9 Å². The minimum atomic E-state index is -0.718. The molecule has 0 atom stereocenters. The van der Waals surface area contributed by atoms with Gasteiger partial charge in [-0.2, -0.15) is 0 Å². The standard InChI is InChI=1S/C24H24BrNO5/c1-14-20(23(27)29-3)22(21(15(2)26-14)24(28)30-4)18-12-17(25)10-11-19(18)31-13-16-8-6-5-7-9-16/h5-12,22,26H,13H2,1-4H3. The van der Waals surface area contributed by atoms with Crippen LogP contribution in [0.3, 0.4) is 0 Å². The van der Waals surface area contributed by atoms with E-state index in [2.05, 4.69) is 21.2 Å². The van der Waals surface area contributed by atoms with E-state index in [1.54, 1.807) is 13.8 Å². The van der Waals surface area contributed by atoms with Crippen molar-refractivity contribution in [3.8, 4) is 5.75 Å². The van der Waals surface area contributed by atoms with Crippen molar-refractivity contribution < 1.29 is 23.8 Å². The molecule has 0 unspecified atom stereocenters. The van der Waals surface area contributed by atoms with Gasteiger partial charge in [-0.15, -0.1) is 0 Å². The summed E-state index contributed by atoms with van der Waals surface area (Å²) in [5.41, 5.74) is 3.53. The zero-order valence-electron chi connectivity index (χ0n) is 17.8. The van der Waals surface area contributed by atoms with Crippen molar-refractivity contribution in [2.45, 2.75) is 26.4 Å². The number of nitrogens with one attached hydrogen (secondary N) is 1. The number of halogens is 1. The number of hydrogen-bond donors (Lipinski definition) is 1. The van der Waals surface area contributed by atoms with Gasteiger partial charge in [0.15, 0.2) is 0 Å². The van der Waals surface area contributed by atoms with Crippen molar-refractivity contribution in [3.05, 3.63) is 86.7 Å². The quantitative estimate of drug-likeness (QED) is 0.602. The second-order valence-electron chi connectivity index (χ2n) is 7.07. The Kier molecular flexibility index (Phi) is 7.17. The fourth-order valence-corrected chi connectivity index (χ4v) is 4.06. The van der Waals surface area contributed by atoms with E-state index in [9.17, 15) is 9.59 Å². The molecule has 0 saturated carbocycles. The monoisotopic (exact) mass is 485 g/mol. The predicted octanol–water partition coefficient (Wildman–Crippen LogP) is 4.61. The lowest BCUT2D eigenvalue weighted by molar-refractivity contribution is -0.137.